The summed E-state index contributed by atoms with van der Waals surface area (Å²) < 4.78 is 14.1. The first-order chi connectivity index (χ1) is 20.8. The van der Waals surface area contributed by atoms with Crippen LogP contribution < -0.4 is 9.47 Å². The normalized spacial score (nSPS) is 21.7. The van der Waals surface area contributed by atoms with Gasteiger partial charge in [-0.05, 0) is 142 Å². The molecular formula is C37H44N2O2S. The molecule has 4 nitrogen and oxygen atoms in total. The maximum absolute atomic E-state index is 6.65. The Morgan fingerprint density at radius 2 is 1.43 bits per heavy atom. The second-order valence-electron chi connectivity index (χ2n) is 12.4. The summed E-state index contributed by atoms with van der Waals surface area (Å²) in [6.07, 6.45) is 11.6. The zero-order valence-electron chi connectivity index (χ0n) is 24.8. The highest BCUT2D eigenvalue weighted by Crippen LogP contribution is 2.40. The highest BCUT2D eigenvalue weighted by Gasteiger charge is 2.33. The average Bonchev–Trinajstić information content (AvgIpc) is 3.82. The van der Waals surface area contributed by atoms with E-state index in [1.165, 1.54) is 109 Å². The van der Waals surface area contributed by atoms with Crippen LogP contribution in [0.25, 0.3) is 20.5 Å². The topological polar surface area (TPSA) is 24.9 Å². The number of rotatable bonds is 10. The molecule has 2 saturated heterocycles. The maximum Gasteiger partial charge on any atom is 0.119 e. The molecule has 2 aliphatic heterocycles. The molecule has 2 atom stereocenters. The van der Waals surface area contributed by atoms with Crippen LogP contribution in [0.4, 0.5) is 0 Å². The molecule has 4 aromatic rings. The van der Waals surface area contributed by atoms with E-state index in [1.54, 1.807) is 0 Å². The fraction of sp³-hybridized carbons (Fsp3) is 0.459. The van der Waals surface area contributed by atoms with E-state index >= 15 is 0 Å². The Morgan fingerprint density at radius 3 is 2.24 bits per heavy atom. The quantitative estimate of drug-likeness (QED) is 0.188. The van der Waals surface area contributed by atoms with E-state index in [4.69, 9.17) is 9.47 Å². The van der Waals surface area contributed by atoms with E-state index < -0.39 is 0 Å². The van der Waals surface area contributed by atoms with Crippen LogP contribution in [-0.4, -0.2) is 61.3 Å². The van der Waals surface area contributed by atoms with Crippen molar-refractivity contribution in [3.05, 3.63) is 83.9 Å². The van der Waals surface area contributed by atoms with E-state index in [0.717, 1.165) is 31.1 Å². The Kier molecular flexibility index (Phi) is 8.78. The molecule has 3 fully saturated rings. The summed E-state index contributed by atoms with van der Waals surface area (Å²) in [5.74, 6) is 1.98. The van der Waals surface area contributed by atoms with E-state index in [2.05, 4.69) is 82.6 Å². The Morgan fingerprint density at radius 1 is 0.714 bits per heavy atom. The third-order valence-electron chi connectivity index (χ3n) is 9.56. The lowest BCUT2D eigenvalue weighted by Gasteiger charge is -2.37. The number of hydrogen-bond acceptors (Lipinski definition) is 5. The van der Waals surface area contributed by atoms with Crippen LogP contribution in [-0.2, 0) is 6.42 Å². The van der Waals surface area contributed by atoms with Crippen LogP contribution in [0.2, 0.25) is 0 Å². The predicted molar refractivity (Wildman–Crippen MR) is 175 cm³/mol. The largest absolute Gasteiger partial charge is 0.492 e. The van der Waals surface area contributed by atoms with Gasteiger partial charge >= 0.3 is 0 Å². The van der Waals surface area contributed by atoms with Gasteiger partial charge < -0.3 is 9.47 Å². The third-order valence-corrected chi connectivity index (χ3v) is 10.8. The van der Waals surface area contributed by atoms with Gasteiger partial charge in [-0.15, -0.1) is 11.3 Å². The molecule has 5 heteroatoms. The van der Waals surface area contributed by atoms with Gasteiger partial charge in [0.05, 0.1) is 0 Å². The summed E-state index contributed by atoms with van der Waals surface area (Å²) in [5, 5.41) is 1.36. The molecule has 1 aromatic heterocycles. The number of ether oxygens (including phenoxy) is 2. The van der Waals surface area contributed by atoms with Crippen molar-refractivity contribution < 1.29 is 9.47 Å². The van der Waals surface area contributed by atoms with Gasteiger partial charge in [-0.1, -0.05) is 36.8 Å². The van der Waals surface area contributed by atoms with Crippen molar-refractivity contribution >= 4 is 21.4 Å². The summed E-state index contributed by atoms with van der Waals surface area (Å²) in [4.78, 5) is 6.54. The molecule has 3 heterocycles. The molecule has 0 spiro atoms. The van der Waals surface area contributed by atoms with Gasteiger partial charge in [0.2, 0.25) is 0 Å². The molecule has 42 heavy (non-hydrogen) atoms. The first-order valence-electron chi connectivity index (χ1n) is 16.3. The lowest BCUT2D eigenvalue weighted by Crippen LogP contribution is -2.46. The van der Waals surface area contributed by atoms with Crippen molar-refractivity contribution in [2.45, 2.75) is 69.9 Å². The predicted octanol–water partition coefficient (Wildman–Crippen LogP) is 8.42. The smallest absolute Gasteiger partial charge is 0.119 e. The van der Waals surface area contributed by atoms with E-state index in [-0.39, 0.29) is 0 Å². The molecule has 0 amide bonds. The van der Waals surface area contributed by atoms with E-state index in [0.29, 0.717) is 12.1 Å². The number of nitrogens with zero attached hydrogens (tertiary/aromatic N) is 2. The first kappa shape index (κ1) is 27.9. The molecule has 220 valence electrons. The molecule has 7 rings (SSSR count). The summed E-state index contributed by atoms with van der Waals surface area (Å²) in [6, 6.07) is 27.1. The maximum atomic E-state index is 6.65. The Bertz CT molecular complexity index is 1440. The Balaban J connectivity index is 1.05. The summed E-state index contributed by atoms with van der Waals surface area (Å²) in [7, 11) is 0. The second-order valence-corrected chi connectivity index (χ2v) is 13.5. The molecule has 0 N–H and O–H groups in total. The van der Waals surface area contributed by atoms with Crippen molar-refractivity contribution in [2.75, 3.05) is 39.3 Å². The van der Waals surface area contributed by atoms with Crippen LogP contribution in [0.1, 0.15) is 62.5 Å². The number of thiophene rings is 1. The van der Waals surface area contributed by atoms with Crippen molar-refractivity contribution in [3.8, 4) is 21.9 Å². The Labute approximate surface area is 255 Å². The van der Waals surface area contributed by atoms with Crippen molar-refractivity contribution in [3.63, 3.8) is 0 Å². The number of likely N-dealkylation sites (tertiary alicyclic amines) is 2. The van der Waals surface area contributed by atoms with Crippen LogP contribution in [0, 0.1) is 0 Å². The number of benzene rings is 3. The van der Waals surface area contributed by atoms with Gasteiger partial charge in [0.25, 0.3) is 0 Å². The van der Waals surface area contributed by atoms with Crippen LogP contribution in [0.3, 0.4) is 0 Å². The van der Waals surface area contributed by atoms with Gasteiger partial charge in [-0.3, -0.25) is 9.80 Å². The van der Waals surface area contributed by atoms with Gasteiger partial charge in [-0.25, -0.2) is 0 Å². The molecule has 3 aromatic carbocycles. The molecule has 1 aliphatic carbocycles. The standard InChI is InChI=1S/C37H44N2O2S/c1-4-12-36-32(9-1)33(37(42-36)29-15-19-30(20-16-29)40-26-25-38-21-5-6-22-38)27-28-13-17-31(18-14-28)41-35-11-3-2-10-34(35)39-23-7-8-24-39/h1,4,9,12-20,34-35H,2-3,5-8,10-11,21-27H2/t34-,35-/m1/s1. The minimum Gasteiger partial charge on any atom is -0.492 e. The lowest BCUT2D eigenvalue weighted by atomic mass is 9.91. The Hall–Kier alpha value is -2.86. The summed E-state index contributed by atoms with van der Waals surface area (Å²) in [6.45, 7) is 6.70. The summed E-state index contributed by atoms with van der Waals surface area (Å²) in [5.41, 5.74) is 4.01. The number of fused-ring (bicyclic) bond motifs is 1. The van der Waals surface area contributed by atoms with Crippen LogP contribution in [0.15, 0.2) is 72.8 Å². The van der Waals surface area contributed by atoms with E-state index in [9.17, 15) is 0 Å². The third kappa shape index (κ3) is 6.39. The minimum atomic E-state index is 0.322. The molecule has 0 unspecified atom stereocenters. The zero-order chi connectivity index (χ0) is 28.1. The molecule has 3 aliphatic rings. The highest BCUT2D eigenvalue weighted by molar-refractivity contribution is 7.22. The van der Waals surface area contributed by atoms with Gasteiger partial charge in [0, 0.05) is 22.2 Å². The fourth-order valence-corrected chi connectivity index (χ4v) is 8.51. The molecule has 0 radical (unpaired) electrons. The minimum absolute atomic E-state index is 0.322. The fourth-order valence-electron chi connectivity index (χ4n) is 7.28. The summed E-state index contributed by atoms with van der Waals surface area (Å²) >= 11 is 1.90. The SMILES string of the molecule is c1ccc2c(Cc3ccc(O[C@@H]4CCCC[C@H]4N4CCCC4)cc3)c(-c3ccc(OCCN4CCCC4)cc3)sc2c1. The van der Waals surface area contributed by atoms with Gasteiger partial charge in [0.15, 0.2) is 0 Å². The van der Waals surface area contributed by atoms with Gasteiger partial charge in [0.1, 0.15) is 24.2 Å². The second kappa shape index (κ2) is 13.2. The van der Waals surface area contributed by atoms with Gasteiger partial charge in [-0.2, -0.15) is 0 Å². The van der Waals surface area contributed by atoms with E-state index in [1.807, 2.05) is 11.3 Å². The molecule has 1 saturated carbocycles. The lowest BCUT2D eigenvalue weighted by molar-refractivity contribution is 0.0485. The van der Waals surface area contributed by atoms with Crippen molar-refractivity contribution in [1.29, 1.82) is 0 Å². The molecule has 0 bridgehead atoms. The van der Waals surface area contributed by atoms with Crippen molar-refractivity contribution in [1.82, 2.24) is 9.80 Å². The monoisotopic (exact) mass is 580 g/mol. The van der Waals surface area contributed by atoms with Crippen molar-refractivity contribution in [2.24, 2.45) is 0 Å². The molecular weight excluding hydrogens is 536 g/mol. The van der Waals surface area contributed by atoms with Crippen LogP contribution in [0.5, 0.6) is 11.5 Å². The number of hydrogen-bond donors (Lipinski definition) is 0. The van der Waals surface area contributed by atoms with Crippen LogP contribution >= 0.6 is 11.3 Å². The zero-order valence-corrected chi connectivity index (χ0v) is 25.6. The average molecular weight is 581 g/mol. The highest BCUT2D eigenvalue weighted by atomic mass is 32.1. The first-order valence-corrected chi connectivity index (χ1v) is 17.1.